The van der Waals surface area contributed by atoms with Crippen LogP contribution in [0.25, 0.3) is 0 Å². The van der Waals surface area contributed by atoms with Crippen molar-refractivity contribution in [1.29, 1.82) is 0 Å². The lowest BCUT2D eigenvalue weighted by molar-refractivity contribution is 0.0705. The second kappa shape index (κ2) is 7.00. The molecule has 1 saturated heterocycles. The Morgan fingerprint density at radius 2 is 2.08 bits per heavy atom. The van der Waals surface area contributed by atoms with Crippen molar-refractivity contribution in [3.63, 3.8) is 0 Å². The molecule has 0 radical (unpaired) electrons. The summed E-state index contributed by atoms with van der Waals surface area (Å²) in [7, 11) is 2.06. The van der Waals surface area contributed by atoms with Gasteiger partial charge in [0.15, 0.2) is 5.69 Å². The molecule has 1 amide bonds. The minimum atomic E-state index is -0.379. The van der Waals surface area contributed by atoms with Crippen molar-refractivity contribution in [1.82, 2.24) is 20.0 Å². The van der Waals surface area contributed by atoms with E-state index in [9.17, 15) is 9.18 Å². The van der Waals surface area contributed by atoms with E-state index in [2.05, 4.69) is 22.1 Å². The Balaban J connectivity index is 1.45. The number of nitrogens with one attached hydrogen (secondary N) is 1. The number of piperidine rings is 1. The summed E-state index contributed by atoms with van der Waals surface area (Å²) < 4.78 is 13.7. The van der Waals surface area contributed by atoms with Crippen LogP contribution in [-0.4, -0.2) is 52.6 Å². The third-order valence-corrected chi connectivity index (χ3v) is 5.93. The van der Waals surface area contributed by atoms with Gasteiger partial charge in [-0.15, -0.1) is 0 Å². The molecule has 3 heterocycles. The number of likely N-dealkylation sites (N-methyl/N-ethyl adjacent to an activating group) is 1. The number of halogens is 2. The van der Waals surface area contributed by atoms with Gasteiger partial charge in [-0.1, -0.05) is 23.7 Å². The smallest absolute Gasteiger partial charge is 0.274 e. The minimum absolute atomic E-state index is 0.00385. The largest absolute Gasteiger partial charge is 0.337 e. The number of carbonyl (C=O) groups is 1. The van der Waals surface area contributed by atoms with Crippen molar-refractivity contribution in [2.45, 2.75) is 31.7 Å². The second-order valence-corrected chi connectivity index (χ2v) is 7.60. The van der Waals surface area contributed by atoms with Crippen LogP contribution in [0.15, 0.2) is 18.2 Å². The number of aromatic nitrogens is 2. The zero-order chi connectivity index (χ0) is 18.3. The Hall–Kier alpha value is -1.92. The van der Waals surface area contributed by atoms with Crippen LogP contribution < -0.4 is 0 Å². The summed E-state index contributed by atoms with van der Waals surface area (Å²) in [5.41, 5.74) is 3.52. The van der Waals surface area contributed by atoms with Crippen LogP contribution >= 0.6 is 11.6 Å². The number of hydrogen-bond donors (Lipinski definition) is 1. The van der Waals surface area contributed by atoms with Gasteiger partial charge in [0.1, 0.15) is 5.82 Å². The van der Waals surface area contributed by atoms with Gasteiger partial charge in [0.05, 0.1) is 10.7 Å². The van der Waals surface area contributed by atoms with E-state index < -0.39 is 0 Å². The first kappa shape index (κ1) is 17.5. The first-order valence-corrected chi connectivity index (χ1v) is 9.40. The second-order valence-electron chi connectivity index (χ2n) is 7.23. The Bertz CT molecular complexity index is 829. The number of benzene rings is 1. The third kappa shape index (κ3) is 3.12. The number of nitrogens with zero attached hydrogens (tertiary/aromatic N) is 3. The van der Waals surface area contributed by atoms with Gasteiger partial charge in [0.25, 0.3) is 5.91 Å². The fraction of sp³-hybridized carbons (Fsp3) is 0.474. The molecule has 0 bridgehead atoms. The Kier molecular flexibility index (Phi) is 4.71. The zero-order valence-electron chi connectivity index (χ0n) is 14.8. The van der Waals surface area contributed by atoms with E-state index >= 15 is 0 Å². The monoisotopic (exact) mass is 376 g/mol. The lowest BCUT2D eigenvalue weighted by atomic mass is 9.89. The number of H-pyrrole nitrogens is 1. The molecular weight excluding hydrogens is 355 g/mol. The molecular formula is C19H22ClFN4O. The molecule has 1 fully saturated rings. The highest BCUT2D eigenvalue weighted by Crippen LogP contribution is 2.34. The van der Waals surface area contributed by atoms with Gasteiger partial charge in [-0.2, -0.15) is 5.10 Å². The van der Waals surface area contributed by atoms with Gasteiger partial charge in [-0.25, -0.2) is 4.39 Å². The Morgan fingerprint density at radius 3 is 2.85 bits per heavy atom. The minimum Gasteiger partial charge on any atom is -0.337 e. The molecule has 5 nitrogen and oxygen atoms in total. The average Bonchev–Trinajstić information content (AvgIpc) is 3.06. The third-order valence-electron chi connectivity index (χ3n) is 5.53. The lowest BCUT2D eigenvalue weighted by Crippen LogP contribution is -2.39. The number of amides is 1. The van der Waals surface area contributed by atoms with Crippen LogP contribution in [0.3, 0.4) is 0 Å². The van der Waals surface area contributed by atoms with Crippen LogP contribution in [0.2, 0.25) is 5.02 Å². The normalized spacial score (nSPS) is 18.8. The van der Waals surface area contributed by atoms with Crippen molar-refractivity contribution in [3.8, 4) is 0 Å². The van der Waals surface area contributed by atoms with Crippen molar-refractivity contribution < 1.29 is 9.18 Å². The number of carbonyl (C=O) groups excluding carboxylic acids is 1. The highest BCUT2D eigenvalue weighted by molar-refractivity contribution is 6.31. The summed E-state index contributed by atoms with van der Waals surface area (Å²) in [4.78, 5) is 17.0. The molecule has 0 saturated carbocycles. The molecule has 2 aliphatic rings. The molecule has 2 aromatic rings. The molecule has 1 aromatic heterocycles. The van der Waals surface area contributed by atoms with Crippen LogP contribution in [0.5, 0.6) is 0 Å². The highest BCUT2D eigenvalue weighted by atomic mass is 35.5. The molecule has 26 heavy (non-hydrogen) atoms. The maximum absolute atomic E-state index is 13.7. The first-order valence-electron chi connectivity index (χ1n) is 9.02. The standard InChI is InChI=1S/C19H22ClFN4O/c1-24-8-7-14-16(11-24)22-23-18(14)19(26)25-9-5-12(6-10-25)13-3-2-4-15(21)17(13)20/h2-4,12H,5-11H2,1H3,(H,22,23). The molecule has 1 N–H and O–H groups in total. The van der Waals surface area contributed by atoms with Crippen LogP contribution in [0.4, 0.5) is 4.39 Å². The number of aromatic amines is 1. The van der Waals surface area contributed by atoms with Crippen molar-refractivity contribution >= 4 is 17.5 Å². The van der Waals surface area contributed by atoms with E-state index in [0.29, 0.717) is 18.8 Å². The SMILES string of the molecule is CN1CCc2c(C(=O)N3CCC(c4cccc(F)c4Cl)CC3)n[nH]c2C1. The van der Waals surface area contributed by atoms with E-state index in [1.165, 1.54) is 6.07 Å². The number of likely N-dealkylation sites (tertiary alicyclic amines) is 1. The predicted octanol–water partition coefficient (Wildman–Crippen LogP) is 3.21. The summed E-state index contributed by atoms with van der Waals surface area (Å²) in [5, 5.41) is 7.53. The molecule has 1 aromatic carbocycles. The lowest BCUT2D eigenvalue weighted by Gasteiger charge is -2.32. The fourth-order valence-electron chi connectivity index (χ4n) is 4.01. The predicted molar refractivity (Wildman–Crippen MR) is 97.9 cm³/mol. The van der Waals surface area contributed by atoms with Gasteiger partial charge in [-0.05, 0) is 43.9 Å². The average molecular weight is 377 g/mol. The van der Waals surface area contributed by atoms with Crippen molar-refractivity contribution in [2.24, 2.45) is 0 Å². The molecule has 0 spiro atoms. The highest BCUT2D eigenvalue weighted by Gasteiger charge is 2.30. The molecule has 0 unspecified atom stereocenters. The summed E-state index contributed by atoms with van der Waals surface area (Å²) in [6.07, 6.45) is 2.41. The first-order chi connectivity index (χ1) is 12.5. The quantitative estimate of drug-likeness (QED) is 0.875. The number of hydrogen-bond acceptors (Lipinski definition) is 3. The summed E-state index contributed by atoms with van der Waals surface area (Å²) in [5.74, 6) is -0.198. The zero-order valence-corrected chi connectivity index (χ0v) is 15.5. The van der Waals surface area contributed by atoms with Gasteiger partial charge in [-0.3, -0.25) is 9.89 Å². The van der Waals surface area contributed by atoms with Crippen molar-refractivity contribution in [2.75, 3.05) is 26.7 Å². The van der Waals surface area contributed by atoms with Gasteiger partial charge in [0, 0.05) is 31.7 Å². The maximum atomic E-state index is 13.7. The van der Waals surface area contributed by atoms with Gasteiger partial charge < -0.3 is 9.80 Å². The number of rotatable bonds is 2. The molecule has 2 aliphatic heterocycles. The van der Waals surface area contributed by atoms with Gasteiger partial charge >= 0.3 is 0 Å². The fourth-order valence-corrected chi connectivity index (χ4v) is 4.29. The van der Waals surface area contributed by atoms with Crippen molar-refractivity contribution in [3.05, 3.63) is 51.6 Å². The molecule has 7 heteroatoms. The molecule has 4 rings (SSSR count). The van der Waals surface area contributed by atoms with Crippen LogP contribution in [0.1, 0.15) is 46.1 Å². The van der Waals surface area contributed by atoms with E-state index in [1.807, 2.05) is 11.0 Å². The van der Waals surface area contributed by atoms with E-state index in [-0.39, 0.29) is 22.7 Å². The van der Waals surface area contributed by atoms with Crippen LogP contribution in [0, 0.1) is 5.82 Å². The Labute approximate surface area is 157 Å². The molecule has 0 aliphatic carbocycles. The van der Waals surface area contributed by atoms with E-state index in [0.717, 1.165) is 49.2 Å². The Morgan fingerprint density at radius 1 is 1.31 bits per heavy atom. The summed E-state index contributed by atoms with van der Waals surface area (Å²) in [6, 6.07) is 4.96. The van der Waals surface area contributed by atoms with Crippen LogP contribution in [-0.2, 0) is 13.0 Å². The van der Waals surface area contributed by atoms with E-state index in [1.54, 1.807) is 6.07 Å². The van der Waals surface area contributed by atoms with Gasteiger partial charge in [0.2, 0.25) is 0 Å². The van der Waals surface area contributed by atoms with E-state index in [4.69, 9.17) is 11.6 Å². The topological polar surface area (TPSA) is 52.2 Å². The molecule has 0 atom stereocenters. The number of fused-ring (bicyclic) bond motifs is 1. The summed E-state index contributed by atoms with van der Waals surface area (Å²) in [6.45, 7) is 3.01. The molecule has 138 valence electrons. The summed E-state index contributed by atoms with van der Waals surface area (Å²) >= 11 is 6.12. The maximum Gasteiger partial charge on any atom is 0.274 e.